The Morgan fingerprint density at radius 3 is 2.78 bits per heavy atom. The molecule has 2 heterocycles. The van der Waals surface area contributed by atoms with Crippen molar-refractivity contribution < 1.29 is 5.11 Å². The first-order chi connectivity index (χ1) is 8.63. The average molecular weight is 267 g/mol. The summed E-state index contributed by atoms with van der Waals surface area (Å²) in [7, 11) is 1.82. The van der Waals surface area contributed by atoms with E-state index in [0.29, 0.717) is 17.1 Å². The van der Waals surface area contributed by atoms with Crippen molar-refractivity contribution in [1.29, 1.82) is 0 Å². The molecular formula is C12H15ClN4O. The predicted molar refractivity (Wildman–Crippen MR) is 68.3 cm³/mol. The van der Waals surface area contributed by atoms with Crippen LogP contribution in [0.15, 0.2) is 18.6 Å². The first-order valence-electron chi connectivity index (χ1n) is 5.77. The zero-order valence-electron chi connectivity index (χ0n) is 10.3. The summed E-state index contributed by atoms with van der Waals surface area (Å²) >= 11 is 6.23. The number of nitrogens with zero attached hydrogens (tertiary/aromatic N) is 4. The second-order valence-corrected chi connectivity index (χ2v) is 4.41. The van der Waals surface area contributed by atoms with E-state index in [4.69, 9.17) is 11.6 Å². The Kier molecular flexibility index (Phi) is 3.93. The Morgan fingerprint density at radius 1 is 1.44 bits per heavy atom. The van der Waals surface area contributed by atoms with Gasteiger partial charge in [-0.05, 0) is 6.42 Å². The molecule has 0 saturated carbocycles. The van der Waals surface area contributed by atoms with Crippen LogP contribution in [0.25, 0.3) is 0 Å². The number of aliphatic hydroxyl groups excluding tert-OH is 1. The van der Waals surface area contributed by atoms with Gasteiger partial charge in [0.1, 0.15) is 6.10 Å². The standard InChI is InChI=1S/C12H15ClN4O/c1-3-8-12(13)10(17(2)16-8)6-11(18)9-7-14-4-5-15-9/h4-5,7,11,18H,3,6H2,1-2H3. The Labute approximate surface area is 110 Å². The molecule has 0 amide bonds. The molecule has 0 bridgehead atoms. The third kappa shape index (κ3) is 2.52. The highest BCUT2D eigenvalue weighted by molar-refractivity contribution is 6.31. The van der Waals surface area contributed by atoms with Crippen LogP contribution in [0.3, 0.4) is 0 Å². The summed E-state index contributed by atoms with van der Waals surface area (Å²) in [6.07, 6.45) is 5.10. The van der Waals surface area contributed by atoms with Crippen LogP contribution in [-0.2, 0) is 19.9 Å². The number of hydrogen-bond donors (Lipinski definition) is 1. The lowest BCUT2D eigenvalue weighted by molar-refractivity contribution is 0.170. The number of hydrogen-bond acceptors (Lipinski definition) is 4. The van der Waals surface area contributed by atoms with Crippen LogP contribution in [-0.4, -0.2) is 24.9 Å². The van der Waals surface area contributed by atoms with Crippen LogP contribution in [0.5, 0.6) is 0 Å². The lowest BCUT2D eigenvalue weighted by atomic mass is 10.1. The van der Waals surface area contributed by atoms with Crippen molar-refractivity contribution in [1.82, 2.24) is 19.7 Å². The minimum atomic E-state index is -0.726. The van der Waals surface area contributed by atoms with E-state index in [9.17, 15) is 5.11 Å². The second kappa shape index (κ2) is 5.46. The highest BCUT2D eigenvalue weighted by Crippen LogP contribution is 2.25. The Balaban J connectivity index is 2.22. The van der Waals surface area contributed by atoms with Crippen LogP contribution in [0.4, 0.5) is 0 Å². The maximum Gasteiger partial charge on any atom is 0.103 e. The lowest BCUT2D eigenvalue weighted by Gasteiger charge is -2.09. The molecule has 0 saturated heterocycles. The van der Waals surface area contributed by atoms with E-state index in [0.717, 1.165) is 17.8 Å². The van der Waals surface area contributed by atoms with Crippen molar-refractivity contribution in [2.24, 2.45) is 7.05 Å². The summed E-state index contributed by atoms with van der Waals surface area (Å²) in [4.78, 5) is 8.01. The Bertz CT molecular complexity index is 526. The highest BCUT2D eigenvalue weighted by Gasteiger charge is 2.18. The van der Waals surface area contributed by atoms with E-state index in [1.165, 1.54) is 0 Å². The molecule has 0 fully saturated rings. The van der Waals surface area contributed by atoms with Gasteiger partial charge in [-0.25, -0.2) is 0 Å². The normalized spacial score (nSPS) is 12.7. The van der Waals surface area contributed by atoms with Gasteiger partial charge in [0.05, 0.1) is 28.3 Å². The predicted octanol–water partition coefficient (Wildman–Crippen LogP) is 1.70. The average Bonchev–Trinajstić information content (AvgIpc) is 2.67. The van der Waals surface area contributed by atoms with Crippen molar-refractivity contribution in [3.05, 3.63) is 40.7 Å². The molecule has 5 nitrogen and oxygen atoms in total. The molecule has 18 heavy (non-hydrogen) atoms. The molecular weight excluding hydrogens is 252 g/mol. The van der Waals surface area contributed by atoms with Crippen LogP contribution in [0.1, 0.15) is 30.1 Å². The van der Waals surface area contributed by atoms with Crippen LogP contribution in [0.2, 0.25) is 5.02 Å². The van der Waals surface area contributed by atoms with Crippen molar-refractivity contribution in [2.75, 3.05) is 0 Å². The van der Waals surface area contributed by atoms with E-state index >= 15 is 0 Å². The van der Waals surface area contributed by atoms with E-state index in [2.05, 4.69) is 15.1 Å². The SMILES string of the molecule is CCc1nn(C)c(CC(O)c2cnccn2)c1Cl. The van der Waals surface area contributed by atoms with Crippen molar-refractivity contribution in [2.45, 2.75) is 25.9 Å². The first-order valence-corrected chi connectivity index (χ1v) is 6.15. The Morgan fingerprint density at radius 2 is 2.22 bits per heavy atom. The summed E-state index contributed by atoms with van der Waals surface area (Å²) in [5, 5.41) is 15.0. The summed E-state index contributed by atoms with van der Waals surface area (Å²) < 4.78 is 1.71. The maximum atomic E-state index is 10.1. The number of aromatic nitrogens is 4. The van der Waals surface area contributed by atoms with Gasteiger partial charge in [0, 0.05) is 25.9 Å². The molecule has 0 aliphatic carbocycles. The monoisotopic (exact) mass is 266 g/mol. The fraction of sp³-hybridized carbons (Fsp3) is 0.417. The van der Waals surface area contributed by atoms with Crippen LogP contribution in [0, 0.1) is 0 Å². The molecule has 96 valence electrons. The third-order valence-corrected chi connectivity index (χ3v) is 3.25. The minimum absolute atomic E-state index is 0.376. The maximum absolute atomic E-state index is 10.1. The van der Waals surface area contributed by atoms with Crippen molar-refractivity contribution >= 4 is 11.6 Å². The van der Waals surface area contributed by atoms with Gasteiger partial charge in [-0.3, -0.25) is 14.6 Å². The van der Waals surface area contributed by atoms with Gasteiger partial charge in [0.25, 0.3) is 0 Å². The molecule has 1 unspecified atom stereocenters. The smallest absolute Gasteiger partial charge is 0.103 e. The summed E-state index contributed by atoms with van der Waals surface area (Å²) in [6, 6.07) is 0. The molecule has 2 aromatic rings. The fourth-order valence-corrected chi connectivity index (χ4v) is 2.18. The first kappa shape index (κ1) is 13.0. The molecule has 1 N–H and O–H groups in total. The number of aryl methyl sites for hydroxylation is 2. The zero-order chi connectivity index (χ0) is 13.1. The molecule has 0 spiro atoms. The van der Waals surface area contributed by atoms with Crippen molar-refractivity contribution in [3.63, 3.8) is 0 Å². The van der Waals surface area contributed by atoms with Gasteiger partial charge in [-0.15, -0.1) is 0 Å². The fourth-order valence-electron chi connectivity index (χ4n) is 1.81. The van der Waals surface area contributed by atoms with E-state index in [1.54, 1.807) is 23.3 Å². The van der Waals surface area contributed by atoms with Gasteiger partial charge in [-0.2, -0.15) is 5.10 Å². The summed E-state index contributed by atoms with van der Waals surface area (Å²) in [6.45, 7) is 2.00. The molecule has 0 aliphatic rings. The van der Waals surface area contributed by atoms with Gasteiger partial charge < -0.3 is 5.11 Å². The molecule has 2 aromatic heterocycles. The third-order valence-electron chi connectivity index (χ3n) is 2.81. The van der Waals surface area contributed by atoms with E-state index in [1.807, 2.05) is 14.0 Å². The molecule has 0 radical (unpaired) electrons. The van der Waals surface area contributed by atoms with Gasteiger partial charge >= 0.3 is 0 Å². The zero-order valence-corrected chi connectivity index (χ0v) is 11.1. The lowest BCUT2D eigenvalue weighted by Crippen LogP contribution is -2.08. The largest absolute Gasteiger partial charge is 0.386 e. The number of rotatable bonds is 4. The number of halogens is 1. The van der Waals surface area contributed by atoms with Crippen LogP contribution < -0.4 is 0 Å². The number of aliphatic hydroxyl groups is 1. The van der Waals surface area contributed by atoms with Gasteiger partial charge in [-0.1, -0.05) is 18.5 Å². The van der Waals surface area contributed by atoms with Gasteiger partial charge in [0.2, 0.25) is 0 Å². The molecule has 0 aromatic carbocycles. The van der Waals surface area contributed by atoms with Crippen molar-refractivity contribution in [3.8, 4) is 0 Å². The topological polar surface area (TPSA) is 63.8 Å². The quantitative estimate of drug-likeness (QED) is 0.915. The van der Waals surface area contributed by atoms with E-state index in [-0.39, 0.29) is 0 Å². The summed E-state index contributed by atoms with van der Waals surface area (Å²) in [5.41, 5.74) is 2.19. The summed E-state index contributed by atoms with van der Waals surface area (Å²) in [5.74, 6) is 0. The molecule has 1 atom stereocenters. The molecule has 0 aliphatic heterocycles. The van der Waals surface area contributed by atoms with Crippen LogP contribution >= 0.6 is 11.6 Å². The molecule has 2 rings (SSSR count). The van der Waals surface area contributed by atoms with E-state index < -0.39 is 6.10 Å². The Hall–Kier alpha value is -1.46. The highest BCUT2D eigenvalue weighted by atomic mass is 35.5. The molecule has 6 heteroatoms. The second-order valence-electron chi connectivity index (χ2n) is 4.03. The minimum Gasteiger partial charge on any atom is -0.386 e. The van der Waals surface area contributed by atoms with Gasteiger partial charge in [0.15, 0.2) is 0 Å².